The number of thiazole rings is 1. The van der Waals surface area contributed by atoms with Gasteiger partial charge < -0.3 is 9.47 Å². The maximum Gasteiger partial charge on any atom is 0.412 e. The zero-order chi connectivity index (χ0) is 18.4. The number of anilines is 2. The quantitative estimate of drug-likeness (QED) is 0.480. The maximum absolute atomic E-state index is 11.6. The van der Waals surface area contributed by atoms with Crippen molar-refractivity contribution in [3.8, 4) is 16.3 Å². The molecule has 2 N–H and O–H groups in total. The molecule has 0 fully saturated rings. The Labute approximate surface area is 158 Å². The number of para-hydroxylation sites is 1. The first-order valence-electron chi connectivity index (χ1n) is 7.53. The number of carbonyl (C=O) groups excluding carboxylic acids is 1. The van der Waals surface area contributed by atoms with Crippen LogP contribution in [-0.2, 0) is 4.74 Å². The number of ether oxygens (including phenoxy) is 2. The number of rotatable bonds is 6. The standard InChI is InChI=1S/C17H16N4O3S2/c1-23-12-7-4-3-6-11(12)10-18-21-16-19-14(13-8-5-9-25-13)15(26-16)20-17(22)24-2/h3-10H,1-2H3,(H,19,21)(H,20,22)/b18-10-. The first kappa shape index (κ1) is 17.9. The van der Waals surface area contributed by atoms with Crippen molar-refractivity contribution in [1.29, 1.82) is 0 Å². The number of benzene rings is 1. The van der Waals surface area contributed by atoms with Crippen LogP contribution in [0, 0.1) is 0 Å². The van der Waals surface area contributed by atoms with E-state index < -0.39 is 6.09 Å². The van der Waals surface area contributed by atoms with Crippen LogP contribution in [0.3, 0.4) is 0 Å². The van der Waals surface area contributed by atoms with Crippen LogP contribution in [0.15, 0.2) is 46.9 Å². The number of aromatic nitrogens is 1. The zero-order valence-electron chi connectivity index (χ0n) is 14.1. The van der Waals surface area contributed by atoms with Gasteiger partial charge in [-0.15, -0.1) is 11.3 Å². The Morgan fingerprint density at radius 2 is 2.08 bits per heavy atom. The van der Waals surface area contributed by atoms with Crippen molar-refractivity contribution in [1.82, 2.24) is 4.98 Å². The second-order valence-electron chi connectivity index (χ2n) is 4.90. The van der Waals surface area contributed by atoms with Crippen LogP contribution in [0.2, 0.25) is 0 Å². The highest BCUT2D eigenvalue weighted by Gasteiger charge is 2.16. The van der Waals surface area contributed by atoms with Gasteiger partial charge in [0.15, 0.2) is 0 Å². The molecule has 1 amide bonds. The molecule has 0 atom stereocenters. The molecule has 2 aromatic heterocycles. The fraction of sp³-hybridized carbons (Fsp3) is 0.118. The van der Waals surface area contributed by atoms with Gasteiger partial charge in [0, 0.05) is 5.56 Å². The first-order chi connectivity index (χ1) is 12.7. The van der Waals surface area contributed by atoms with Crippen molar-refractivity contribution in [3.63, 3.8) is 0 Å². The molecule has 0 saturated carbocycles. The summed E-state index contributed by atoms with van der Waals surface area (Å²) in [5, 5.41) is 9.98. The lowest BCUT2D eigenvalue weighted by molar-refractivity contribution is 0.187. The predicted molar refractivity (Wildman–Crippen MR) is 106 cm³/mol. The van der Waals surface area contributed by atoms with Crippen molar-refractivity contribution in [2.75, 3.05) is 25.0 Å². The number of hydrazone groups is 1. The van der Waals surface area contributed by atoms with Crippen molar-refractivity contribution < 1.29 is 14.3 Å². The highest BCUT2D eigenvalue weighted by Crippen LogP contribution is 2.38. The van der Waals surface area contributed by atoms with Crippen LogP contribution in [0.25, 0.3) is 10.6 Å². The summed E-state index contributed by atoms with van der Waals surface area (Å²) in [5.41, 5.74) is 4.40. The molecule has 1 aromatic carbocycles. The third-order valence-corrected chi connectivity index (χ3v) is 5.04. The lowest BCUT2D eigenvalue weighted by Gasteiger charge is -2.02. The number of amides is 1. The zero-order valence-corrected chi connectivity index (χ0v) is 15.7. The van der Waals surface area contributed by atoms with Gasteiger partial charge >= 0.3 is 6.09 Å². The van der Waals surface area contributed by atoms with E-state index in [1.165, 1.54) is 29.8 Å². The Morgan fingerprint density at radius 3 is 2.81 bits per heavy atom. The number of nitrogens with zero attached hydrogens (tertiary/aromatic N) is 2. The normalized spacial score (nSPS) is 10.7. The van der Waals surface area contributed by atoms with E-state index in [0.717, 1.165) is 16.2 Å². The Balaban J connectivity index is 1.81. The number of methoxy groups -OCH3 is 2. The summed E-state index contributed by atoms with van der Waals surface area (Å²) in [4.78, 5) is 17.0. The number of nitrogens with one attached hydrogen (secondary N) is 2. The molecule has 134 valence electrons. The van der Waals surface area contributed by atoms with E-state index in [1.54, 1.807) is 13.3 Å². The maximum atomic E-state index is 11.6. The molecule has 0 spiro atoms. The van der Waals surface area contributed by atoms with Gasteiger partial charge in [-0.05, 0) is 23.6 Å². The summed E-state index contributed by atoms with van der Waals surface area (Å²) in [5.74, 6) is 0.726. The van der Waals surface area contributed by atoms with Gasteiger partial charge in [0.05, 0.1) is 25.3 Å². The number of thiophene rings is 1. The number of carbonyl (C=O) groups is 1. The molecule has 0 aliphatic carbocycles. The Hall–Kier alpha value is -2.91. The monoisotopic (exact) mass is 388 g/mol. The third-order valence-electron chi connectivity index (χ3n) is 3.29. The smallest absolute Gasteiger partial charge is 0.412 e. The van der Waals surface area contributed by atoms with Gasteiger partial charge in [0.2, 0.25) is 5.13 Å². The van der Waals surface area contributed by atoms with Gasteiger partial charge in [-0.1, -0.05) is 29.5 Å². The molecule has 7 nitrogen and oxygen atoms in total. The van der Waals surface area contributed by atoms with Crippen LogP contribution in [-0.4, -0.2) is 31.5 Å². The van der Waals surface area contributed by atoms with E-state index in [-0.39, 0.29) is 0 Å². The SMILES string of the molecule is COC(=O)Nc1sc(N/N=C\c2ccccc2OC)nc1-c1cccs1. The minimum Gasteiger partial charge on any atom is -0.496 e. The van der Waals surface area contributed by atoms with E-state index in [9.17, 15) is 4.79 Å². The molecule has 26 heavy (non-hydrogen) atoms. The van der Waals surface area contributed by atoms with Crippen LogP contribution < -0.4 is 15.5 Å². The number of hydrogen-bond donors (Lipinski definition) is 2. The summed E-state index contributed by atoms with van der Waals surface area (Å²) >= 11 is 2.81. The van der Waals surface area contributed by atoms with Gasteiger partial charge in [-0.3, -0.25) is 10.7 Å². The minimum absolute atomic E-state index is 0.546. The molecule has 0 unspecified atom stereocenters. The minimum atomic E-state index is -0.546. The third kappa shape index (κ3) is 4.19. The molecular formula is C17H16N4O3S2. The highest BCUT2D eigenvalue weighted by molar-refractivity contribution is 7.21. The van der Waals surface area contributed by atoms with Gasteiger partial charge in [-0.25, -0.2) is 9.78 Å². The van der Waals surface area contributed by atoms with E-state index in [0.29, 0.717) is 15.8 Å². The molecule has 0 radical (unpaired) electrons. The lowest BCUT2D eigenvalue weighted by Crippen LogP contribution is -2.10. The van der Waals surface area contributed by atoms with Crippen molar-refractivity contribution in [2.45, 2.75) is 0 Å². The fourth-order valence-corrected chi connectivity index (χ4v) is 3.71. The van der Waals surface area contributed by atoms with Crippen molar-refractivity contribution in [3.05, 3.63) is 47.3 Å². The van der Waals surface area contributed by atoms with Gasteiger partial charge in [0.1, 0.15) is 16.4 Å². The molecule has 3 rings (SSSR count). The Kier molecular flexibility index (Phi) is 5.82. The largest absolute Gasteiger partial charge is 0.496 e. The average molecular weight is 388 g/mol. The van der Waals surface area contributed by atoms with E-state index in [1.807, 2.05) is 41.8 Å². The fourth-order valence-electron chi connectivity index (χ4n) is 2.11. The average Bonchev–Trinajstić information content (AvgIpc) is 3.32. The van der Waals surface area contributed by atoms with Crippen LogP contribution in [0.5, 0.6) is 5.75 Å². The lowest BCUT2D eigenvalue weighted by atomic mass is 10.2. The molecule has 0 aliphatic heterocycles. The topological polar surface area (TPSA) is 84.8 Å². The number of hydrogen-bond acceptors (Lipinski definition) is 8. The predicted octanol–water partition coefficient (Wildman–Crippen LogP) is 4.50. The Morgan fingerprint density at radius 1 is 1.23 bits per heavy atom. The molecular weight excluding hydrogens is 372 g/mol. The summed E-state index contributed by atoms with van der Waals surface area (Å²) < 4.78 is 9.95. The van der Waals surface area contributed by atoms with Crippen LogP contribution >= 0.6 is 22.7 Å². The second kappa shape index (κ2) is 8.45. The van der Waals surface area contributed by atoms with Gasteiger partial charge in [0.25, 0.3) is 0 Å². The van der Waals surface area contributed by atoms with Gasteiger partial charge in [-0.2, -0.15) is 5.10 Å². The molecule has 9 heteroatoms. The van der Waals surface area contributed by atoms with Crippen LogP contribution in [0.1, 0.15) is 5.56 Å². The summed E-state index contributed by atoms with van der Waals surface area (Å²) in [6.45, 7) is 0. The summed E-state index contributed by atoms with van der Waals surface area (Å²) in [6, 6.07) is 11.4. The Bertz CT molecular complexity index is 907. The molecule has 0 bridgehead atoms. The molecule has 3 aromatic rings. The van der Waals surface area contributed by atoms with E-state index >= 15 is 0 Å². The molecule has 0 saturated heterocycles. The second-order valence-corrected chi connectivity index (χ2v) is 6.85. The molecule has 2 heterocycles. The van der Waals surface area contributed by atoms with Crippen molar-refractivity contribution >= 4 is 45.1 Å². The van der Waals surface area contributed by atoms with E-state index in [4.69, 9.17) is 4.74 Å². The highest BCUT2D eigenvalue weighted by atomic mass is 32.1. The summed E-state index contributed by atoms with van der Waals surface area (Å²) in [7, 11) is 2.93. The molecule has 0 aliphatic rings. The van der Waals surface area contributed by atoms with Crippen LogP contribution in [0.4, 0.5) is 14.9 Å². The van der Waals surface area contributed by atoms with Crippen molar-refractivity contribution in [2.24, 2.45) is 5.10 Å². The van der Waals surface area contributed by atoms with E-state index in [2.05, 4.69) is 25.6 Å². The summed E-state index contributed by atoms with van der Waals surface area (Å²) in [6.07, 6.45) is 1.11. The first-order valence-corrected chi connectivity index (χ1v) is 9.22.